The summed E-state index contributed by atoms with van der Waals surface area (Å²) >= 11 is 0. The lowest BCUT2D eigenvalue weighted by molar-refractivity contribution is 0.501. The molecule has 0 fully saturated rings. The molecule has 0 heterocycles. The number of likely N-dealkylation sites (N-methyl/N-ethyl adjacent to an activating group) is 1. The van der Waals surface area contributed by atoms with Crippen molar-refractivity contribution >= 4 is 0 Å². The monoisotopic (exact) mass is 265 g/mol. The molecule has 0 bridgehead atoms. The molecular weight excluding hydrogens is 244 g/mol. The summed E-state index contributed by atoms with van der Waals surface area (Å²) in [6, 6.07) is 4.13. The smallest absolute Gasteiger partial charge is 0.129 e. The number of nitrogens with one attached hydrogen (secondary N) is 1. The maximum atomic E-state index is 13.7. The van der Waals surface area contributed by atoms with Crippen molar-refractivity contribution in [1.82, 2.24) is 5.32 Å². The van der Waals surface area contributed by atoms with Gasteiger partial charge in [0.05, 0.1) is 0 Å². The zero-order valence-corrected chi connectivity index (χ0v) is 11.4. The third-order valence-electron chi connectivity index (χ3n) is 3.69. The van der Waals surface area contributed by atoms with E-state index < -0.39 is 11.6 Å². The maximum absolute atomic E-state index is 13.7. The molecule has 1 aliphatic rings. The normalized spacial score (nSPS) is 17.1. The Morgan fingerprint density at radius 2 is 1.95 bits per heavy atom. The van der Waals surface area contributed by atoms with Gasteiger partial charge < -0.3 is 5.32 Å². The van der Waals surface area contributed by atoms with Crippen LogP contribution in [-0.2, 0) is 6.42 Å². The molecule has 1 unspecified atom stereocenters. The average molecular weight is 265 g/mol. The van der Waals surface area contributed by atoms with Crippen LogP contribution in [0.4, 0.5) is 8.78 Å². The van der Waals surface area contributed by atoms with Crippen LogP contribution in [0.25, 0.3) is 0 Å². The molecule has 0 amide bonds. The molecule has 104 valence electrons. The second-order valence-electron chi connectivity index (χ2n) is 5.04. The van der Waals surface area contributed by atoms with Gasteiger partial charge in [0.25, 0.3) is 0 Å². The van der Waals surface area contributed by atoms with Crippen molar-refractivity contribution in [2.75, 3.05) is 6.54 Å². The van der Waals surface area contributed by atoms with Crippen LogP contribution in [0.1, 0.15) is 38.2 Å². The van der Waals surface area contributed by atoms with E-state index in [4.69, 9.17) is 0 Å². The first-order valence-corrected chi connectivity index (χ1v) is 7.07. The van der Waals surface area contributed by atoms with Crippen LogP contribution in [0.15, 0.2) is 29.8 Å². The molecule has 2 rings (SSSR count). The van der Waals surface area contributed by atoms with Crippen LogP contribution in [-0.4, -0.2) is 12.6 Å². The summed E-state index contributed by atoms with van der Waals surface area (Å²) in [5, 5.41) is 3.35. The molecule has 1 nitrogen and oxygen atoms in total. The van der Waals surface area contributed by atoms with Gasteiger partial charge >= 0.3 is 0 Å². The maximum Gasteiger partial charge on any atom is 0.129 e. The van der Waals surface area contributed by atoms with E-state index in [1.54, 1.807) is 0 Å². The van der Waals surface area contributed by atoms with Crippen LogP contribution in [0, 0.1) is 11.6 Å². The minimum atomic E-state index is -0.445. The van der Waals surface area contributed by atoms with Crippen molar-refractivity contribution in [2.24, 2.45) is 0 Å². The molecule has 1 N–H and O–H groups in total. The molecule has 0 saturated carbocycles. The zero-order chi connectivity index (χ0) is 13.7. The Labute approximate surface area is 113 Å². The Morgan fingerprint density at radius 3 is 2.53 bits per heavy atom. The zero-order valence-electron chi connectivity index (χ0n) is 11.4. The van der Waals surface area contributed by atoms with Crippen LogP contribution < -0.4 is 5.32 Å². The third-order valence-corrected chi connectivity index (χ3v) is 3.69. The van der Waals surface area contributed by atoms with Crippen LogP contribution >= 0.6 is 0 Å². The van der Waals surface area contributed by atoms with Gasteiger partial charge in [0, 0.05) is 11.6 Å². The molecule has 0 aromatic heterocycles. The first-order chi connectivity index (χ1) is 9.22. The van der Waals surface area contributed by atoms with Crippen molar-refractivity contribution in [1.29, 1.82) is 0 Å². The van der Waals surface area contributed by atoms with E-state index in [2.05, 4.69) is 11.4 Å². The largest absolute Gasteiger partial charge is 0.310 e. The lowest BCUT2D eigenvalue weighted by Gasteiger charge is -2.24. The number of hydrogen-bond donors (Lipinski definition) is 1. The van der Waals surface area contributed by atoms with Gasteiger partial charge in [0.15, 0.2) is 0 Å². The van der Waals surface area contributed by atoms with E-state index in [9.17, 15) is 8.78 Å². The van der Waals surface area contributed by atoms with Crippen LogP contribution in [0.2, 0.25) is 0 Å². The van der Waals surface area contributed by atoms with E-state index in [1.165, 1.54) is 36.6 Å². The van der Waals surface area contributed by atoms with E-state index in [0.717, 1.165) is 19.4 Å². The van der Waals surface area contributed by atoms with Gasteiger partial charge in [0.1, 0.15) is 11.6 Å². The first kappa shape index (κ1) is 14.2. The Balaban J connectivity index is 2.18. The number of halogens is 2. The van der Waals surface area contributed by atoms with Crippen LogP contribution in [0.3, 0.4) is 0 Å². The summed E-state index contributed by atoms with van der Waals surface area (Å²) in [6.07, 6.45) is 7.13. The fourth-order valence-corrected chi connectivity index (χ4v) is 2.69. The predicted octanol–water partition coefficient (Wildman–Crippen LogP) is 3.99. The summed E-state index contributed by atoms with van der Waals surface area (Å²) < 4.78 is 27.5. The molecule has 1 aromatic carbocycles. The molecule has 1 aliphatic carbocycles. The molecule has 0 aliphatic heterocycles. The number of benzene rings is 1. The van der Waals surface area contributed by atoms with E-state index >= 15 is 0 Å². The fraction of sp³-hybridized carbons (Fsp3) is 0.500. The Kier molecular flexibility index (Phi) is 5.08. The summed E-state index contributed by atoms with van der Waals surface area (Å²) in [6.45, 7) is 2.83. The van der Waals surface area contributed by atoms with E-state index in [-0.39, 0.29) is 11.6 Å². The van der Waals surface area contributed by atoms with Crippen molar-refractivity contribution in [3.8, 4) is 0 Å². The second kappa shape index (κ2) is 6.80. The van der Waals surface area contributed by atoms with Crippen molar-refractivity contribution < 1.29 is 8.78 Å². The van der Waals surface area contributed by atoms with E-state index in [0.29, 0.717) is 6.42 Å². The summed E-state index contributed by atoms with van der Waals surface area (Å²) in [4.78, 5) is 0. The van der Waals surface area contributed by atoms with Gasteiger partial charge in [-0.2, -0.15) is 0 Å². The predicted molar refractivity (Wildman–Crippen MR) is 74.1 cm³/mol. The molecule has 3 heteroatoms. The lowest BCUT2D eigenvalue weighted by Crippen LogP contribution is -2.34. The molecule has 0 radical (unpaired) electrons. The van der Waals surface area contributed by atoms with Gasteiger partial charge in [-0.15, -0.1) is 0 Å². The first-order valence-electron chi connectivity index (χ1n) is 7.07. The van der Waals surface area contributed by atoms with E-state index in [1.807, 2.05) is 6.92 Å². The highest BCUT2D eigenvalue weighted by Gasteiger charge is 2.19. The quantitative estimate of drug-likeness (QED) is 0.794. The Bertz CT molecular complexity index is 434. The van der Waals surface area contributed by atoms with Gasteiger partial charge in [-0.05, 0) is 50.8 Å². The molecule has 0 spiro atoms. The van der Waals surface area contributed by atoms with Crippen molar-refractivity contribution in [3.63, 3.8) is 0 Å². The van der Waals surface area contributed by atoms with Gasteiger partial charge in [-0.1, -0.05) is 24.6 Å². The number of allylic oxidation sites excluding steroid dienone is 1. The SMILES string of the molecule is CCNC(Cc1c(F)cccc1F)C1=CCCCC1. The average Bonchev–Trinajstić information content (AvgIpc) is 2.43. The molecule has 1 aromatic rings. The highest BCUT2D eigenvalue weighted by atomic mass is 19.1. The minimum absolute atomic E-state index is 0.0525. The summed E-state index contributed by atoms with van der Waals surface area (Å²) in [5.74, 6) is -0.890. The van der Waals surface area contributed by atoms with Crippen molar-refractivity contribution in [3.05, 3.63) is 47.0 Å². The number of hydrogen-bond acceptors (Lipinski definition) is 1. The third kappa shape index (κ3) is 3.63. The highest BCUT2D eigenvalue weighted by Crippen LogP contribution is 2.24. The standard InChI is InChI=1S/C16H21F2N/c1-2-19-16(12-7-4-3-5-8-12)11-13-14(17)9-6-10-15(13)18/h6-7,9-10,16,19H,2-5,8,11H2,1H3. The van der Waals surface area contributed by atoms with Crippen LogP contribution in [0.5, 0.6) is 0 Å². The Hall–Kier alpha value is -1.22. The van der Waals surface area contributed by atoms with Gasteiger partial charge in [0.2, 0.25) is 0 Å². The topological polar surface area (TPSA) is 12.0 Å². The van der Waals surface area contributed by atoms with Gasteiger partial charge in [-0.25, -0.2) is 8.78 Å². The molecule has 19 heavy (non-hydrogen) atoms. The highest BCUT2D eigenvalue weighted by molar-refractivity contribution is 5.25. The lowest BCUT2D eigenvalue weighted by atomic mass is 9.90. The minimum Gasteiger partial charge on any atom is -0.310 e. The molecular formula is C16H21F2N. The summed E-state index contributed by atoms with van der Waals surface area (Å²) in [7, 11) is 0. The second-order valence-corrected chi connectivity index (χ2v) is 5.04. The number of rotatable bonds is 5. The van der Waals surface area contributed by atoms with Gasteiger partial charge in [-0.3, -0.25) is 0 Å². The Morgan fingerprint density at radius 1 is 1.21 bits per heavy atom. The molecule has 0 saturated heterocycles. The fourth-order valence-electron chi connectivity index (χ4n) is 2.69. The summed E-state index contributed by atoms with van der Waals surface area (Å²) in [5.41, 5.74) is 1.50. The van der Waals surface area contributed by atoms with Crippen molar-refractivity contribution in [2.45, 2.75) is 45.1 Å². The molecule has 1 atom stereocenters.